The van der Waals surface area contributed by atoms with Crippen molar-refractivity contribution < 1.29 is 26.7 Å². The lowest BCUT2D eigenvalue weighted by Crippen LogP contribution is -2.49. The largest absolute Gasteiger partial charge is 0.435 e. The fraction of sp³-hybridized carbons (Fsp3) is 0.353. The summed E-state index contributed by atoms with van der Waals surface area (Å²) in [7, 11) is -3.79. The SMILES string of the molecule is CC(C)[C@@H](NS(=O)(=O)c1cccs1)C(=O)NCc1ccc(OC(F)F)cc1. The monoisotopic (exact) mass is 418 g/mol. The Balaban J connectivity index is 1.99. The van der Waals surface area contributed by atoms with E-state index in [0.717, 1.165) is 11.3 Å². The normalized spacial score (nSPS) is 13.0. The van der Waals surface area contributed by atoms with Crippen LogP contribution in [0.3, 0.4) is 0 Å². The van der Waals surface area contributed by atoms with E-state index < -0.39 is 28.6 Å². The molecule has 0 unspecified atom stereocenters. The first-order chi connectivity index (χ1) is 12.7. The number of amides is 1. The lowest BCUT2D eigenvalue weighted by Gasteiger charge is -2.21. The molecule has 2 rings (SSSR count). The molecule has 0 saturated carbocycles. The highest BCUT2D eigenvalue weighted by atomic mass is 32.2. The van der Waals surface area contributed by atoms with Crippen LogP contribution in [0.25, 0.3) is 0 Å². The van der Waals surface area contributed by atoms with Crippen LogP contribution >= 0.6 is 11.3 Å². The molecule has 2 aromatic rings. The molecule has 6 nitrogen and oxygen atoms in total. The Bertz CT molecular complexity index is 838. The van der Waals surface area contributed by atoms with Gasteiger partial charge in [0.1, 0.15) is 16.0 Å². The molecule has 1 heterocycles. The number of ether oxygens (including phenoxy) is 1. The maximum absolute atomic E-state index is 12.5. The standard InChI is InChI=1S/C17H20F2N2O4S2/c1-11(2)15(21-27(23,24)14-4-3-9-26-14)16(22)20-10-12-5-7-13(8-6-12)25-17(18)19/h3-9,11,15,17,21H,10H2,1-2H3,(H,20,22)/t15-/m1/s1. The van der Waals surface area contributed by atoms with Crippen LogP contribution < -0.4 is 14.8 Å². The minimum Gasteiger partial charge on any atom is -0.435 e. The number of alkyl halides is 2. The number of nitrogens with one attached hydrogen (secondary N) is 2. The molecule has 0 aliphatic carbocycles. The van der Waals surface area contributed by atoms with E-state index in [9.17, 15) is 22.0 Å². The summed E-state index contributed by atoms with van der Waals surface area (Å²) in [4.78, 5) is 12.5. The first-order valence-corrected chi connectivity index (χ1v) is 10.4. The molecule has 0 bridgehead atoms. The van der Waals surface area contributed by atoms with Crippen molar-refractivity contribution in [3.8, 4) is 5.75 Å². The number of halogens is 2. The molecule has 0 saturated heterocycles. The first-order valence-electron chi connectivity index (χ1n) is 8.06. The van der Waals surface area contributed by atoms with E-state index in [1.165, 1.54) is 30.3 Å². The predicted molar refractivity (Wildman–Crippen MR) is 98.2 cm³/mol. The van der Waals surface area contributed by atoms with E-state index in [1.807, 2.05) is 0 Å². The van der Waals surface area contributed by atoms with Crippen molar-refractivity contribution in [2.75, 3.05) is 0 Å². The summed E-state index contributed by atoms with van der Waals surface area (Å²) in [5, 5.41) is 4.30. The zero-order chi connectivity index (χ0) is 20.0. The molecule has 1 aromatic carbocycles. The van der Waals surface area contributed by atoms with Gasteiger partial charge in [-0.1, -0.05) is 32.0 Å². The number of hydrogen-bond donors (Lipinski definition) is 2. The summed E-state index contributed by atoms with van der Waals surface area (Å²) in [6, 6.07) is 7.95. The summed E-state index contributed by atoms with van der Waals surface area (Å²) in [6.07, 6.45) is 0. The van der Waals surface area contributed by atoms with Crippen molar-refractivity contribution in [3.05, 3.63) is 47.3 Å². The molecule has 0 aliphatic heterocycles. The Morgan fingerprint density at radius 2 is 1.85 bits per heavy atom. The third-order valence-electron chi connectivity index (χ3n) is 3.61. The van der Waals surface area contributed by atoms with Gasteiger partial charge in [0.15, 0.2) is 0 Å². The zero-order valence-electron chi connectivity index (χ0n) is 14.7. The Labute approximate surface area is 160 Å². The third kappa shape index (κ3) is 6.26. The molecule has 2 N–H and O–H groups in total. The molecule has 0 radical (unpaired) electrons. The Morgan fingerprint density at radius 1 is 1.19 bits per heavy atom. The molecule has 148 valence electrons. The number of benzene rings is 1. The number of carbonyl (C=O) groups excluding carboxylic acids is 1. The second kappa shape index (κ2) is 9.25. The average molecular weight is 418 g/mol. The molecule has 1 atom stereocenters. The molecule has 0 spiro atoms. The van der Waals surface area contributed by atoms with E-state index in [1.54, 1.807) is 25.3 Å². The van der Waals surface area contributed by atoms with E-state index in [2.05, 4.69) is 14.8 Å². The molecule has 1 amide bonds. The fourth-order valence-electron chi connectivity index (χ4n) is 2.22. The smallest absolute Gasteiger partial charge is 0.387 e. The lowest BCUT2D eigenvalue weighted by molar-refractivity contribution is -0.123. The van der Waals surface area contributed by atoms with Crippen molar-refractivity contribution in [2.24, 2.45) is 5.92 Å². The Morgan fingerprint density at radius 3 is 2.37 bits per heavy atom. The van der Waals surface area contributed by atoms with Crippen LogP contribution in [0, 0.1) is 5.92 Å². The van der Waals surface area contributed by atoms with E-state index in [4.69, 9.17) is 0 Å². The van der Waals surface area contributed by atoms with Gasteiger partial charge in [-0.05, 0) is 35.1 Å². The van der Waals surface area contributed by atoms with Gasteiger partial charge >= 0.3 is 6.61 Å². The van der Waals surface area contributed by atoms with Crippen LogP contribution in [-0.2, 0) is 21.4 Å². The van der Waals surface area contributed by atoms with Gasteiger partial charge in [0.05, 0.1) is 0 Å². The summed E-state index contributed by atoms with van der Waals surface area (Å²) in [6.45, 7) is 0.686. The molecule has 27 heavy (non-hydrogen) atoms. The predicted octanol–water partition coefficient (Wildman–Crippen LogP) is 2.97. The fourth-order valence-corrected chi connectivity index (χ4v) is 4.58. The van der Waals surface area contributed by atoms with Gasteiger partial charge in [-0.2, -0.15) is 13.5 Å². The lowest BCUT2D eigenvalue weighted by atomic mass is 10.0. The molecule has 0 aliphatic rings. The van der Waals surface area contributed by atoms with Crippen LogP contribution in [0.15, 0.2) is 46.0 Å². The van der Waals surface area contributed by atoms with Crippen molar-refractivity contribution in [2.45, 2.75) is 37.3 Å². The molecular formula is C17H20F2N2O4S2. The first kappa shape index (κ1) is 21.3. The molecule has 1 aromatic heterocycles. The zero-order valence-corrected chi connectivity index (χ0v) is 16.3. The van der Waals surface area contributed by atoms with Crippen molar-refractivity contribution in [1.82, 2.24) is 10.0 Å². The molecule has 0 fully saturated rings. The van der Waals surface area contributed by atoms with Gasteiger partial charge in [0.25, 0.3) is 10.0 Å². The number of hydrogen-bond acceptors (Lipinski definition) is 5. The number of carbonyl (C=O) groups is 1. The van der Waals surface area contributed by atoms with Crippen LogP contribution in [0.2, 0.25) is 0 Å². The summed E-state index contributed by atoms with van der Waals surface area (Å²) in [5.41, 5.74) is 0.661. The summed E-state index contributed by atoms with van der Waals surface area (Å²) < 4.78 is 55.8. The average Bonchev–Trinajstić information content (AvgIpc) is 3.14. The highest BCUT2D eigenvalue weighted by molar-refractivity contribution is 7.91. The van der Waals surface area contributed by atoms with Crippen molar-refractivity contribution >= 4 is 27.3 Å². The van der Waals surface area contributed by atoms with E-state index in [-0.39, 0.29) is 22.4 Å². The van der Waals surface area contributed by atoms with Crippen LogP contribution in [-0.4, -0.2) is 27.0 Å². The summed E-state index contributed by atoms with van der Waals surface area (Å²) >= 11 is 1.06. The van der Waals surface area contributed by atoms with Gasteiger partial charge in [0, 0.05) is 6.54 Å². The van der Waals surface area contributed by atoms with Gasteiger partial charge < -0.3 is 10.1 Å². The van der Waals surface area contributed by atoms with Crippen molar-refractivity contribution in [1.29, 1.82) is 0 Å². The van der Waals surface area contributed by atoms with Crippen LogP contribution in [0.1, 0.15) is 19.4 Å². The van der Waals surface area contributed by atoms with E-state index >= 15 is 0 Å². The van der Waals surface area contributed by atoms with Crippen molar-refractivity contribution in [3.63, 3.8) is 0 Å². The van der Waals surface area contributed by atoms with E-state index in [0.29, 0.717) is 5.56 Å². The second-order valence-electron chi connectivity index (χ2n) is 6.02. The highest BCUT2D eigenvalue weighted by Gasteiger charge is 2.28. The quantitative estimate of drug-likeness (QED) is 0.656. The maximum Gasteiger partial charge on any atom is 0.387 e. The topological polar surface area (TPSA) is 84.5 Å². The minimum absolute atomic E-state index is 0.0174. The van der Waals surface area contributed by atoms with Crippen LogP contribution in [0.4, 0.5) is 8.78 Å². The molecular weight excluding hydrogens is 398 g/mol. The second-order valence-corrected chi connectivity index (χ2v) is 8.90. The van der Waals surface area contributed by atoms with Gasteiger partial charge in [-0.15, -0.1) is 11.3 Å². The maximum atomic E-state index is 12.5. The Kier molecular flexibility index (Phi) is 7.28. The highest BCUT2D eigenvalue weighted by Crippen LogP contribution is 2.18. The number of rotatable bonds is 9. The third-order valence-corrected chi connectivity index (χ3v) is 6.45. The van der Waals surface area contributed by atoms with Crippen LogP contribution in [0.5, 0.6) is 5.75 Å². The number of thiophene rings is 1. The van der Waals surface area contributed by atoms with Gasteiger partial charge in [0.2, 0.25) is 5.91 Å². The molecule has 10 heteroatoms. The minimum atomic E-state index is -3.79. The van der Waals surface area contributed by atoms with Gasteiger partial charge in [-0.3, -0.25) is 4.79 Å². The summed E-state index contributed by atoms with van der Waals surface area (Å²) in [5.74, 6) is -0.733. The van der Waals surface area contributed by atoms with Gasteiger partial charge in [-0.25, -0.2) is 8.42 Å². The Hall–Kier alpha value is -2.04. The number of sulfonamides is 1.